The van der Waals surface area contributed by atoms with Gasteiger partial charge in [-0.15, -0.1) is 0 Å². The van der Waals surface area contributed by atoms with E-state index >= 15 is 0 Å². The predicted molar refractivity (Wildman–Crippen MR) is 58.6 cm³/mol. The molecule has 5 atom stereocenters. The minimum Gasteiger partial charge on any atom is -0.547 e. The molecule has 11 heteroatoms. The van der Waals surface area contributed by atoms with Gasteiger partial charge in [0.25, 0.3) is 0 Å². The molecule has 0 aromatic rings. The molecule has 0 aliphatic heterocycles. The molecule has 6 N–H and O–H groups in total. The number of carbonyl (C=O) groups excluding carboxylic acids is 2. The molecule has 0 bridgehead atoms. The van der Waals surface area contributed by atoms with Gasteiger partial charge in [0.1, 0.15) is 24.4 Å². The van der Waals surface area contributed by atoms with Crippen molar-refractivity contribution in [1.82, 2.24) is 0 Å². The summed E-state index contributed by atoms with van der Waals surface area (Å²) in [5.74, 6) is -3.41. The van der Waals surface area contributed by atoms with E-state index in [0.29, 0.717) is 0 Å². The number of hydrogen-bond acceptors (Lipinski definition) is 10. The van der Waals surface area contributed by atoms with Gasteiger partial charge in [-0.2, -0.15) is 0 Å². The molecule has 0 aromatic carbocycles. The second kappa shape index (κ2) is 12.7. The number of hydrogen-bond donors (Lipinski definition) is 6. The molecule has 0 saturated heterocycles. The van der Waals surface area contributed by atoms with Gasteiger partial charge in [-0.1, -0.05) is 0 Å². The summed E-state index contributed by atoms with van der Waals surface area (Å²) in [6, 6.07) is 0. The summed E-state index contributed by atoms with van der Waals surface area (Å²) in [5.41, 5.74) is 0. The van der Waals surface area contributed by atoms with Crippen molar-refractivity contribution in [1.29, 1.82) is 0 Å². The number of aliphatic hydroxyl groups excluding tert-OH is 6. The van der Waals surface area contributed by atoms with Gasteiger partial charge in [0.15, 0.2) is 0 Å². The second-order valence-corrected chi connectivity index (χ2v) is 3.49. The van der Waals surface area contributed by atoms with Crippen molar-refractivity contribution in [3.8, 4) is 0 Å². The van der Waals surface area contributed by atoms with Gasteiger partial charge in [-0.05, 0) is 6.92 Å². The Bertz CT molecular complexity index is 284. The fraction of sp³-hybridized carbons (Fsp3) is 0.778. The van der Waals surface area contributed by atoms with Crippen LogP contribution < -0.4 is 10.2 Å². The Morgan fingerprint density at radius 1 is 0.950 bits per heavy atom. The average Bonchev–Trinajstić information content (AvgIpc) is 2.35. The van der Waals surface area contributed by atoms with E-state index in [1.54, 1.807) is 0 Å². The van der Waals surface area contributed by atoms with Gasteiger partial charge in [0.2, 0.25) is 0 Å². The van der Waals surface area contributed by atoms with Crippen molar-refractivity contribution in [3.05, 3.63) is 0 Å². The summed E-state index contributed by atoms with van der Waals surface area (Å²) in [6.45, 7) is 0.271. The number of carboxylic acid groups (broad SMARTS) is 2. The number of carbonyl (C=O) groups is 2. The molecule has 0 amide bonds. The zero-order valence-corrected chi connectivity index (χ0v) is 12.8. The number of rotatable bonds is 6. The van der Waals surface area contributed by atoms with Gasteiger partial charge in [0.05, 0.1) is 24.6 Å². The standard InChI is InChI=1S/C6H12O7.C3H6O3.Ca/c7-1-2(8)3(9)4(10)5(11)6(12)13;1-2(4)3(5)6;/h2-5,7-11H,1H2,(H,12,13);2,4H,1H3,(H,5,6);/q;;+2/p-2/t2-,3-,4+,5-;2-;/m11./s1. The first-order valence-electron chi connectivity index (χ1n) is 4.99. The Morgan fingerprint density at radius 3 is 1.50 bits per heavy atom. The largest absolute Gasteiger partial charge is 2.00 e. The molecular weight excluding hydrogens is 308 g/mol. The van der Waals surface area contributed by atoms with Gasteiger partial charge in [0, 0.05) is 0 Å². The van der Waals surface area contributed by atoms with Crippen LogP contribution in [0, 0.1) is 0 Å². The molecule has 0 aliphatic carbocycles. The molecular formula is C9H16CaO10. The zero-order chi connectivity index (χ0) is 15.7. The van der Waals surface area contributed by atoms with Crippen LogP contribution in [-0.4, -0.2) is 117 Å². The average molecular weight is 324 g/mol. The SMILES string of the molecule is C[C@@H](O)C(=O)[O-].O=C([O-])[C@H](O)[C@@H](O)[C@H](O)[C@H](O)CO.[Ca+2]. The van der Waals surface area contributed by atoms with E-state index in [-0.39, 0.29) is 37.7 Å². The van der Waals surface area contributed by atoms with Crippen molar-refractivity contribution >= 4 is 49.7 Å². The first-order chi connectivity index (χ1) is 8.56. The smallest absolute Gasteiger partial charge is 0.547 e. The summed E-state index contributed by atoms with van der Waals surface area (Å²) in [4.78, 5) is 19.3. The minimum absolute atomic E-state index is 0. The van der Waals surface area contributed by atoms with Crippen molar-refractivity contribution in [2.24, 2.45) is 0 Å². The Labute approximate surface area is 143 Å². The fourth-order valence-electron chi connectivity index (χ4n) is 0.662. The molecule has 0 heterocycles. The van der Waals surface area contributed by atoms with Crippen LogP contribution in [0.15, 0.2) is 0 Å². The first-order valence-corrected chi connectivity index (χ1v) is 4.99. The number of aliphatic hydroxyl groups is 6. The maximum absolute atomic E-state index is 9.98. The van der Waals surface area contributed by atoms with Crippen molar-refractivity contribution in [2.45, 2.75) is 37.4 Å². The van der Waals surface area contributed by atoms with Crippen LogP contribution in [0.3, 0.4) is 0 Å². The Morgan fingerprint density at radius 2 is 1.30 bits per heavy atom. The Kier molecular flexibility index (Phi) is 15.8. The molecule has 20 heavy (non-hydrogen) atoms. The summed E-state index contributed by atoms with van der Waals surface area (Å²) < 4.78 is 0. The van der Waals surface area contributed by atoms with E-state index in [1.165, 1.54) is 0 Å². The van der Waals surface area contributed by atoms with E-state index in [4.69, 9.17) is 30.6 Å². The van der Waals surface area contributed by atoms with Crippen molar-refractivity contribution in [3.63, 3.8) is 0 Å². The molecule has 0 saturated carbocycles. The summed E-state index contributed by atoms with van der Waals surface area (Å²) >= 11 is 0. The molecule has 0 aliphatic rings. The van der Waals surface area contributed by atoms with Crippen molar-refractivity contribution < 1.29 is 50.4 Å². The fourth-order valence-corrected chi connectivity index (χ4v) is 0.662. The van der Waals surface area contributed by atoms with Crippen LogP contribution >= 0.6 is 0 Å². The Balaban J connectivity index is -0.000000352. The summed E-state index contributed by atoms with van der Waals surface area (Å²) in [5, 5.41) is 70.7. The number of carboxylic acids is 2. The third-order valence-electron chi connectivity index (χ3n) is 1.84. The van der Waals surface area contributed by atoms with Crippen LogP contribution in [0.4, 0.5) is 0 Å². The van der Waals surface area contributed by atoms with Crippen molar-refractivity contribution in [2.75, 3.05) is 6.61 Å². The number of aliphatic carboxylic acids is 2. The maximum atomic E-state index is 9.98. The molecule has 0 rings (SSSR count). The van der Waals surface area contributed by atoms with Crippen LogP contribution in [0.1, 0.15) is 6.92 Å². The third-order valence-corrected chi connectivity index (χ3v) is 1.84. The summed E-state index contributed by atoms with van der Waals surface area (Å²) in [6.07, 6.45) is -9.42. The Hall–Kier alpha value is -0.0403. The molecule has 0 spiro atoms. The molecule has 0 unspecified atom stereocenters. The molecule has 0 aromatic heterocycles. The van der Waals surface area contributed by atoms with Gasteiger partial charge < -0.3 is 50.4 Å². The van der Waals surface area contributed by atoms with E-state index < -0.39 is 49.1 Å². The molecule has 10 nitrogen and oxygen atoms in total. The monoisotopic (exact) mass is 324 g/mol. The third kappa shape index (κ3) is 10.7. The van der Waals surface area contributed by atoms with E-state index in [2.05, 4.69) is 0 Å². The summed E-state index contributed by atoms with van der Waals surface area (Å²) in [7, 11) is 0. The minimum atomic E-state index is -2.31. The van der Waals surface area contributed by atoms with E-state index in [1.807, 2.05) is 0 Å². The molecule has 0 radical (unpaired) electrons. The quantitative estimate of drug-likeness (QED) is 0.255. The second-order valence-electron chi connectivity index (χ2n) is 3.49. The van der Waals surface area contributed by atoms with Gasteiger partial charge in [-0.3, -0.25) is 0 Å². The van der Waals surface area contributed by atoms with E-state index in [9.17, 15) is 19.8 Å². The first kappa shape index (κ1) is 24.9. The molecule has 0 fully saturated rings. The maximum Gasteiger partial charge on any atom is 2.00 e. The predicted octanol–water partition coefficient (Wildman–Crippen LogP) is -7.09. The van der Waals surface area contributed by atoms with Crippen LogP contribution in [0.25, 0.3) is 0 Å². The van der Waals surface area contributed by atoms with Crippen LogP contribution in [0.5, 0.6) is 0 Å². The molecule has 114 valence electrons. The topological polar surface area (TPSA) is 202 Å². The van der Waals surface area contributed by atoms with E-state index in [0.717, 1.165) is 6.92 Å². The van der Waals surface area contributed by atoms with Gasteiger partial charge in [-0.25, -0.2) is 0 Å². The van der Waals surface area contributed by atoms with Crippen LogP contribution in [-0.2, 0) is 9.59 Å². The van der Waals surface area contributed by atoms with Crippen LogP contribution in [0.2, 0.25) is 0 Å². The van der Waals surface area contributed by atoms with Gasteiger partial charge >= 0.3 is 37.7 Å². The zero-order valence-electron chi connectivity index (χ0n) is 10.6. The normalized spacial score (nSPS) is 17.4.